The van der Waals surface area contributed by atoms with E-state index in [0.717, 1.165) is 0 Å². The van der Waals surface area contributed by atoms with Crippen molar-refractivity contribution in [2.45, 2.75) is 11.4 Å². The fourth-order valence-electron chi connectivity index (χ4n) is 0.708. The maximum absolute atomic E-state index is 9.05. The number of aliphatic hydroxyl groups is 1. The minimum Gasteiger partial charge on any atom is -0.511 e. The highest BCUT2D eigenvalue weighted by molar-refractivity contribution is 6.32. The van der Waals surface area contributed by atoms with Gasteiger partial charge in [0.2, 0.25) is 0 Å². The van der Waals surface area contributed by atoms with E-state index in [0.29, 0.717) is 5.03 Å². The number of nitrogens with two attached hydrogens (primary N) is 1. The highest BCUT2D eigenvalue weighted by Crippen LogP contribution is 2.28. The topological polar surface area (TPSA) is 46.2 Å². The Kier molecular flexibility index (Phi) is 1.95. The minimum absolute atomic E-state index is 0.0432. The molecule has 0 bridgehead atoms. The van der Waals surface area contributed by atoms with E-state index in [9.17, 15) is 0 Å². The first-order chi connectivity index (χ1) is 4.51. The highest BCUT2D eigenvalue weighted by atomic mass is 35.5. The second kappa shape index (κ2) is 2.46. The zero-order chi connectivity index (χ0) is 7.78. The lowest BCUT2D eigenvalue weighted by Crippen LogP contribution is -2.32. The lowest BCUT2D eigenvalue weighted by molar-refractivity contribution is 0.370. The average Bonchev–Trinajstić information content (AvgIpc) is 1.79. The summed E-state index contributed by atoms with van der Waals surface area (Å²) in [6.45, 7) is 0. The summed E-state index contributed by atoms with van der Waals surface area (Å²) < 4.78 is 0. The first kappa shape index (κ1) is 7.92. The molecule has 0 aliphatic heterocycles. The van der Waals surface area contributed by atoms with Gasteiger partial charge >= 0.3 is 0 Å². The smallest absolute Gasteiger partial charge is 0.117 e. The van der Waals surface area contributed by atoms with Gasteiger partial charge in [0.05, 0.1) is 5.03 Å². The van der Waals surface area contributed by atoms with Crippen LogP contribution in [0.2, 0.25) is 0 Å². The predicted octanol–water partition coefficient (Wildman–Crippen LogP) is 1.85. The maximum atomic E-state index is 9.05. The fraction of sp³-hybridized carbons (Fsp3) is 0.333. The number of hydrogen-bond acceptors (Lipinski definition) is 2. The van der Waals surface area contributed by atoms with Gasteiger partial charge in [-0.15, -0.1) is 0 Å². The summed E-state index contributed by atoms with van der Waals surface area (Å²) in [6, 6.07) is 0. The number of aliphatic hydroxyl groups excluding tert-OH is 1. The van der Waals surface area contributed by atoms with Crippen molar-refractivity contribution in [3.8, 4) is 0 Å². The lowest BCUT2D eigenvalue weighted by Gasteiger charge is -2.20. The number of halogens is 2. The van der Waals surface area contributed by atoms with Gasteiger partial charge in [0.15, 0.2) is 0 Å². The zero-order valence-corrected chi connectivity index (χ0v) is 6.65. The third-order valence-corrected chi connectivity index (χ3v) is 1.82. The van der Waals surface area contributed by atoms with Crippen molar-refractivity contribution in [1.82, 2.24) is 0 Å². The molecular formula is C6H7Cl2NO. The normalized spacial score (nSPS) is 33.1. The molecule has 0 aromatic heterocycles. The maximum Gasteiger partial charge on any atom is 0.117 e. The second-order valence-corrected chi connectivity index (χ2v) is 3.34. The SMILES string of the molecule is NC1(Cl)C=CC(Cl)=C(O)C1. The van der Waals surface area contributed by atoms with Gasteiger partial charge in [0.1, 0.15) is 10.8 Å². The van der Waals surface area contributed by atoms with Gasteiger partial charge < -0.3 is 10.8 Å². The molecule has 1 aliphatic carbocycles. The minimum atomic E-state index is -0.970. The van der Waals surface area contributed by atoms with Crippen LogP contribution in [0.4, 0.5) is 0 Å². The van der Waals surface area contributed by atoms with E-state index in [1.807, 2.05) is 0 Å². The molecule has 0 spiro atoms. The Bertz CT molecular complexity index is 208. The molecule has 0 heterocycles. The van der Waals surface area contributed by atoms with Gasteiger partial charge in [0.25, 0.3) is 0 Å². The quantitative estimate of drug-likeness (QED) is 0.441. The molecule has 3 N–H and O–H groups in total. The molecule has 0 aromatic carbocycles. The molecule has 10 heavy (non-hydrogen) atoms. The summed E-state index contributed by atoms with van der Waals surface area (Å²) in [6.07, 6.45) is 3.23. The molecule has 0 saturated carbocycles. The van der Waals surface area contributed by atoms with Crippen molar-refractivity contribution in [2.24, 2.45) is 5.73 Å². The second-order valence-electron chi connectivity index (χ2n) is 2.23. The van der Waals surface area contributed by atoms with Gasteiger partial charge in [-0.05, 0) is 12.2 Å². The van der Waals surface area contributed by atoms with Gasteiger partial charge in [-0.1, -0.05) is 23.2 Å². The van der Waals surface area contributed by atoms with E-state index < -0.39 is 5.00 Å². The van der Waals surface area contributed by atoms with Gasteiger partial charge in [-0.2, -0.15) is 0 Å². The molecule has 0 radical (unpaired) electrons. The molecule has 0 aromatic rings. The van der Waals surface area contributed by atoms with E-state index in [1.54, 1.807) is 6.08 Å². The first-order valence-corrected chi connectivity index (χ1v) is 3.51. The van der Waals surface area contributed by atoms with E-state index in [2.05, 4.69) is 0 Å². The van der Waals surface area contributed by atoms with Crippen LogP contribution in [0.3, 0.4) is 0 Å². The third kappa shape index (κ3) is 1.66. The average molecular weight is 180 g/mol. The zero-order valence-electron chi connectivity index (χ0n) is 5.14. The monoisotopic (exact) mass is 179 g/mol. The number of alkyl halides is 1. The van der Waals surface area contributed by atoms with Crippen LogP contribution in [0.5, 0.6) is 0 Å². The summed E-state index contributed by atoms with van der Waals surface area (Å²) in [7, 11) is 0. The number of hydrogen-bond donors (Lipinski definition) is 2. The molecule has 1 rings (SSSR count). The van der Waals surface area contributed by atoms with Crippen LogP contribution in [0.15, 0.2) is 22.9 Å². The van der Waals surface area contributed by atoms with Gasteiger partial charge in [0, 0.05) is 6.42 Å². The predicted molar refractivity (Wildman–Crippen MR) is 42.0 cm³/mol. The molecule has 56 valence electrons. The molecule has 0 fully saturated rings. The number of allylic oxidation sites excluding steroid dienone is 2. The third-order valence-electron chi connectivity index (χ3n) is 1.22. The largest absolute Gasteiger partial charge is 0.511 e. The molecule has 1 unspecified atom stereocenters. The lowest BCUT2D eigenvalue weighted by atomic mass is 10.1. The summed E-state index contributed by atoms with van der Waals surface area (Å²) in [4.78, 5) is -0.970. The molecular weight excluding hydrogens is 173 g/mol. The van der Waals surface area contributed by atoms with Gasteiger partial charge in [-0.3, -0.25) is 0 Å². The Hall–Kier alpha value is -0.180. The van der Waals surface area contributed by atoms with Crippen LogP contribution in [0, 0.1) is 0 Å². The summed E-state index contributed by atoms with van der Waals surface area (Å²) >= 11 is 11.2. The highest BCUT2D eigenvalue weighted by Gasteiger charge is 2.24. The molecule has 4 heteroatoms. The standard InChI is InChI=1S/C6H7Cl2NO/c7-4-1-2-6(8,9)3-5(4)10/h1-2,10H,3,9H2. The van der Waals surface area contributed by atoms with Crippen LogP contribution in [0.1, 0.15) is 6.42 Å². The van der Waals surface area contributed by atoms with Crippen molar-refractivity contribution in [3.05, 3.63) is 22.9 Å². The van der Waals surface area contributed by atoms with E-state index in [1.165, 1.54) is 6.08 Å². The van der Waals surface area contributed by atoms with Crippen molar-refractivity contribution in [1.29, 1.82) is 0 Å². The van der Waals surface area contributed by atoms with Crippen LogP contribution < -0.4 is 5.73 Å². The van der Waals surface area contributed by atoms with Crippen molar-refractivity contribution in [2.75, 3.05) is 0 Å². The van der Waals surface area contributed by atoms with Crippen LogP contribution in [-0.4, -0.2) is 10.1 Å². The first-order valence-electron chi connectivity index (χ1n) is 2.76. The van der Waals surface area contributed by atoms with E-state index in [4.69, 9.17) is 34.0 Å². The van der Waals surface area contributed by atoms with Gasteiger partial charge in [-0.25, -0.2) is 0 Å². The molecule has 0 saturated heterocycles. The Balaban J connectivity index is 2.85. The van der Waals surface area contributed by atoms with Crippen molar-refractivity contribution in [3.63, 3.8) is 0 Å². The van der Waals surface area contributed by atoms with Crippen LogP contribution >= 0.6 is 23.2 Å². The summed E-state index contributed by atoms with van der Waals surface area (Å²) in [5, 5.41) is 9.35. The Morgan fingerprint density at radius 2 is 2.30 bits per heavy atom. The number of rotatable bonds is 0. The molecule has 1 aliphatic rings. The van der Waals surface area contributed by atoms with E-state index in [-0.39, 0.29) is 12.2 Å². The van der Waals surface area contributed by atoms with Crippen molar-refractivity contribution >= 4 is 23.2 Å². The molecule has 2 nitrogen and oxygen atoms in total. The van der Waals surface area contributed by atoms with Crippen LogP contribution in [-0.2, 0) is 0 Å². The molecule has 0 amide bonds. The summed E-state index contributed by atoms with van der Waals surface area (Å²) in [5.41, 5.74) is 5.46. The molecule has 1 atom stereocenters. The Labute approximate surface area is 68.9 Å². The fourth-order valence-corrected chi connectivity index (χ4v) is 1.03. The Morgan fingerprint density at radius 1 is 1.70 bits per heavy atom. The van der Waals surface area contributed by atoms with E-state index >= 15 is 0 Å². The van der Waals surface area contributed by atoms with Crippen LogP contribution in [0.25, 0.3) is 0 Å². The Morgan fingerprint density at radius 3 is 2.70 bits per heavy atom. The van der Waals surface area contributed by atoms with Crippen molar-refractivity contribution < 1.29 is 5.11 Å². The summed E-state index contributed by atoms with van der Waals surface area (Å²) in [5.74, 6) is 0.0432.